The summed E-state index contributed by atoms with van der Waals surface area (Å²) < 4.78 is 30.2. The highest BCUT2D eigenvalue weighted by molar-refractivity contribution is 7.91. The standard InChI is InChI=1S/C9H12ClNO4S2/c1-3-11(6-8(12)15-2)17(13,14)9-5-4-7(10)16-9/h4-5H,3,6H2,1-2H3. The number of sulfonamides is 1. The lowest BCUT2D eigenvalue weighted by Gasteiger charge is -2.17. The first-order valence-electron chi connectivity index (χ1n) is 4.74. The van der Waals surface area contributed by atoms with Crippen molar-refractivity contribution >= 4 is 38.9 Å². The van der Waals surface area contributed by atoms with Crippen molar-refractivity contribution in [2.45, 2.75) is 11.1 Å². The van der Waals surface area contributed by atoms with E-state index >= 15 is 0 Å². The molecule has 0 aliphatic carbocycles. The summed E-state index contributed by atoms with van der Waals surface area (Å²) in [6.45, 7) is 1.54. The normalized spacial score (nSPS) is 11.8. The Kier molecular flexibility index (Phi) is 4.93. The number of likely N-dealkylation sites (N-methyl/N-ethyl adjacent to an activating group) is 1. The largest absolute Gasteiger partial charge is 0.468 e. The number of carbonyl (C=O) groups is 1. The Hall–Kier alpha value is -0.630. The number of thiophene rings is 1. The van der Waals surface area contributed by atoms with Crippen molar-refractivity contribution < 1.29 is 17.9 Å². The number of carbonyl (C=O) groups excluding carboxylic acids is 1. The minimum atomic E-state index is -3.67. The third-order valence-electron chi connectivity index (χ3n) is 2.03. The summed E-state index contributed by atoms with van der Waals surface area (Å²) in [6.07, 6.45) is 0. The highest BCUT2D eigenvalue weighted by Crippen LogP contribution is 2.27. The van der Waals surface area contributed by atoms with Crippen molar-refractivity contribution in [3.8, 4) is 0 Å². The van der Waals surface area contributed by atoms with Crippen molar-refractivity contribution in [2.75, 3.05) is 20.2 Å². The highest BCUT2D eigenvalue weighted by atomic mass is 35.5. The van der Waals surface area contributed by atoms with Gasteiger partial charge in [0.15, 0.2) is 0 Å². The molecule has 0 unspecified atom stereocenters. The van der Waals surface area contributed by atoms with Crippen LogP contribution in [-0.2, 0) is 19.6 Å². The van der Waals surface area contributed by atoms with E-state index in [1.54, 1.807) is 6.92 Å². The van der Waals surface area contributed by atoms with Crippen LogP contribution in [0.3, 0.4) is 0 Å². The van der Waals surface area contributed by atoms with Crippen molar-refractivity contribution in [2.24, 2.45) is 0 Å². The van der Waals surface area contributed by atoms with E-state index in [4.69, 9.17) is 11.6 Å². The van der Waals surface area contributed by atoms with E-state index in [0.29, 0.717) is 4.34 Å². The quantitative estimate of drug-likeness (QED) is 0.774. The van der Waals surface area contributed by atoms with Gasteiger partial charge in [0.2, 0.25) is 0 Å². The molecule has 0 bridgehead atoms. The molecule has 0 saturated heterocycles. The minimum Gasteiger partial charge on any atom is -0.468 e. The summed E-state index contributed by atoms with van der Waals surface area (Å²) >= 11 is 6.65. The van der Waals surface area contributed by atoms with Crippen LogP contribution in [0.4, 0.5) is 0 Å². The van der Waals surface area contributed by atoms with Gasteiger partial charge in [-0.2, -0.15) is 4.31 Å². The van der Waals surface area contributed by atoms with Gasteiger partial charge in [0, 0.05) is 6.54 Å². The molecule has 1 rings (SSSR count). The van der Waals surface area contributed by atoms with Crippen LogP contribution < -0.4 is 0 Å². The van der Waals surface area contributed by atoms with Crippen molar-refractivity contribution in [3.05, 3.63) is 16.5 Å². The number of hydrogen-bond donors (Lipinski definition) is 0. The summed E-state index contributed by atoms with van der Waals surface area (Å²) in [5.74, 6) is -0.599. The molecule has 1 heterocycles. The van der Waals surface area contributed by atoms with E-state index in [1.165, 1.54) is 19.2 Å². The second-order valence-electron chi connectivity index (χ2n) is 3.07. The lowest BCUT2D eigenvalue weighted by Crippen LogP contribution is -2.35. The maximum Gasteiger partial charge on any atom is 0.321 e. The fourth-order valence-corrected chi connectivity index (χ4v) is 4.17. The maximum atomic E-state index is 12.1. The van der Waals surface area contributed by atoms with Crippen LogP contribution in [-0.4, -0.2) is 38.9 Å². The molecule has 0 saturated carbocycles. The molecule has 1 aromatic rings. The molecule has 0 aromatic carbocycles. The molecule has 0 spiro atoms. The third-order valence-corrected chi connectivity index (χ3v) is 5.65. The Balaban J connectivity index is 2.98. The van der Waals surface area contributed by atoms with Gasteiger partial charge in [-0.25, -0.2) is 8.42 Å². The molecule has 1 aromatic heterocycles. The molecule has 0 radical (unpaired) electrons. The van der Waals surface area contributed by atoms with Crippen LogP contribution in [0, 0.1) is 0 Å². The second kappa shape index (κ2) is 5.81. The van der Waals surface area contributed by atoms with E-state index in [9.17, 15) is 13.2 Å². The second-order valence-corrected chi connectivity index (χ2v) is 6.95. The zero-order valence-corrected chi connectivity index (χ0v) is 11.7. The molecule has 0 aliphatic heterocycles. The maximum absolute atomic E-state index is 12.1. The predicted octanol–water partition coefficient (Wildman–Crippen LogP) is 1.59. The van der Waals surface area contributed by atoms with Gasteiger partial charge in [0.25, 0.3) is 10.0 Å². The average molecular weight is 298 g/mol. The number of esters is 1. The molecule has 0 fully saturated rings. The predicted molar refractivity (Wildman–Crippen MR) is 65.8 cm³/mol. The Labute approximate surface area is 109 Å². The van der Waals surface area contributed by atoms with Crippen LogP contribution >= 0.6 is 22.9 Å². The van der Waals surface area contributed by atoms with E-state index in [0.717, 1.165) is 15.6 Å². The number of ether oxygens (including phenoxy) is 1. The van der Waals surface area contributed by atoms with E-state index in [2.05, 4.69) is 4.74 Å². The summed E-state index contributed by atoms with van der Waals surface area (Å²) in [4.78, 5) is 11.1. The van der Waals surface area contributed by atoms with Gasteiger partial charge in [-0.15, -0.1) is 11.3 Å². The average Bonchev–Trinajstić information content (AvgIpc) is 2.72. The SMILES string of the molecule is CCN(CC(=O)OC)S(=O)(=O)c1ccc(Cl)s1. The molecule has 0 atom stereocenters. The summed E-state index contributed by atoms with van der Waals surface area (Å²) in [7, 11) is -2.46. The van der Waals surface area contributed by atoms with Crippen molar-refractivity contribution in [1.29, 1.82) is 0 Å². The molecule has 0 aliphatic rings. The van der Waals surface area contributed by atoms with Crippen molar-refractivity contribution in [1.82, 2.24) is 4.31 Å². The fraction of sp³-hybridized carbons (Fsp3) is 0.444. The van der Waals surface area contributed by atoms with Crippen LogP contribution in [0.1, 0.15) is 6.92 Å². The zero-order valence-electron chi connectivity index (χ0n) is 9.34. The van der Waals surface area contributed by atoms with Crippen LogP contribution in [0.5, 0.6) is 0 Å². The number of halogens is 1. The molecule has 96 valence electrons. The molecule has 5 nitrogen and oxygen atoms in total. The van der Waals surface area contributed by atoms with Gasteiger partial charge in [0.05, 0.1) is 11.4 Å². The van der Waals surface area contributed by atoms with Gasteiger partial charge in [0.1, 0.15) is 10.8 Å². The summed E-state index contributed by atoms with van der Waals surface area (Å²) in [5, 5.41) is 0. The first-order valence-corrected chi connectivity index (χ1v) is 7.37. The first kappa shape index (κ1) is 14.4. The lowest BCUT2D eigenvalue weighted by atomic mass is 10.6. The van der Waals surface area contributed by atoms with E-state index in [1.807, 2.05) is 0 Å². The van der Waals surface area contributed by atoms with Gasteiger partial charge in [-0.1, -0.05) is 18.5 Å². The van der Waals surface area contributed by atoms with Crippen LogP contribution in [0.25, 0.3) is 0 Å². The lowest BCUT2D eigenvalue weighted by molar-refractivity contribution is -0.140. The molecule has 0 N–H and O–H groups in total. The number of methoxy groups -OCH3 is 1. The molecule has 0 amide bonds. The Morgan fingerprint density at radius 3 is 2.59 bits per heavy atom. The monoisotopic (exact) mass is 297 g/mol. The van der Waals surface area contributed by atoms with Gasteiger partial charge >= 0.3 is 5.97 Å². The minimum absolute atomic E-state index is 0.119. The van der Waals surface area contributed by atoms with E-state index < -0.39 is 16.0 Å². The fourth-order valence-electron chi connectivity index (χ4n) is 1.14. The first-order chi connectivity index (χ1) is 7.91. The summed E-state index contributed by atoms with van der Waals surface area (Å²) in [6, 6.07) is 2.92. The summed E-state index contributed by atoms with van der Waals surface area (Å²) in [5.41, 5.74) is 0. The van der Waals surface area contributed by atoms with Gasteiger partial charge in [-0.05, 0) is 12.1 Å². The number of nitrogens with zero attached hydrogens (tertiary/aromatic N) is 1. The zero-order chi connectivity index (χ0) is 13.1. The van der Waals surface area contributed by atoms with Gasteiger partial charge in [-0.3, -0.25) is 4.79 Å². The molecular weight excluding hydrogens is 286 g/mol. The number of rotatable bonds is 5. The number of hydrogen-bond acceptors (Lipinski definition) is 5. The Bertz CT molecular complexity index is 497. The third kappa shape index (κ3) is 3.41. The highest BCUT2D eigenvalue weighted by Gasteiger charge is 2.26. The smallest absolute Gasteiger partial charge is 0.321 e. The molecular formula is C9H12ClNO4S2. The topological polar surface area (TPSA) is 63.7 Å². The van der Waals surface area contributed by atoms with Crippen LogP contribution in [0.15, 0.2) is 16.3 Å². The van der Waals surface area contributed by atoms with Crippen LogP contribution in [0.2, 0.25) is 4.34 Å². The Morgan fingerprint density at radius 2 is 2.18 bits per heavy atom. The van der Waals surface area contributed by atoms with E-state index in [-0.39, 0.29) is 17.3 Å². The molecule has 8 heteroatoms. The van der Waals surface area contributed by atoms with Gasteiger partial charge < -0.3 is 4.74 Å². The Morgan fingerprint density at radius 1 is 1.53 bits per heavy atom. The molecule has 17 heavy (non-hydrogen) atoms. The van der Waals surface area contributed by atoms with Crippen molar-refractivity contribution in [3.63, 3.8) is 0 Å².